The average molecular weight is 769 g/mol. The molecule has 3 unspecified atom stereocenters. The molecule has 2 aliphatic rings. The lowest BCUT2D eigenvalue weighted by atomic mass is 10.0. The molecule has 2 rings (SSSR count). The quantitative estimate of drug-likeness (QED) is 0.0506. The van der Waals surface area contributed by atoms with Crippen LogP contribution in [-0.4, -0.2) is 106 Å². The molecule has 0 aromatic heterocycles. The summed E-state index contributed by atoms with van der Waals surface area (Å²) < 4.78 is 13.8. The van der Waals surface area contributed by atoms with Crippen molar-refractivity contribution in [3.63, 3.8) is 0 Å². The van der Waals surface area contributed by atoms with E-state index in [9.17, 15) is 0 Å². The molecular weight excluding hydrogens is 677 g/mol. The zero-order chi connectivity index (χ0) is 39.3. The molecule has 0 radical (unpaired) electrons. The summed E-state index contributed by atoms with van der Waals surface area (Å²) in [6.45, 7) is 13.8. The Balaban J connectivity index is 1.70. The molecule has 0 spiro atoms. The fraction of sp³-hybridized carbons (Fsp3) is 0.837. The minimum Gasteiger partial charge on any atom is -0.374 e. The van der Waals surface area contributed by atoms with Crippen LogP contribution in [0.4, 0.5) is 0 Å². The van der Waals surface area contributed by atoms with Gasteiger partial charge in [0.15, 0.2) is 0 Å². The smallest absolute Gasteiger partial charge is 0.137 e. The van der Waals surface area contributed by atoms with Gasteiger partial charge in [-0.25, -0.2) is 0 Å². The molecule has 55 heavy (non-hydrogen) atoms. The lowest BCUT2D eigenvalue weighted by Gasteiger charge is -2.43. The van der Waals surface area contributed by atoms with E-state index in [2.05, 4.69) is 96.6 Å². The number of likely N-dealkylation sites (N-methyl/N-ethyl adjacent to an activating group) is 2. The zero-order valence-electron chi connectivity index (χ0n) is 37.1. The Morgan fingerprint density at radius 3 is 1.47 bits per heavy atom. The molecule has 6 heteroatoms. The molecular formula is C49H92N4O2. The van der Waals surface area contributed by atoms with Gasteiger partial charge in [-0.3, -0.25) is 4.90 Å². The van der Waals surface area contributed by atoms with Crippen molar-refractivity contribution in [1.29, 1.82) is 0 Å². The fourth-order valence-electron chi connectivity index (χ4n) is 7.80. The lowest BCUT2D eigenvalue weighted by Crippen LogP contribution is -2.57. The summed E-state index contributed by atoms with van der Waals surface area (Å²) in [7, 11) is 4.54. The van der Waals surface area contributed by atoms with Crippen LogP contribution in [0.2, 0.25) is 0 Å². The Labute approximate surface area is 343 Å². The number of rotatable bonds is 36. The number of allylic oxidation sites excluding steroid dienone is 8. The predicted molar refractivity (Wildman–Crippen MR) is 241 cm³/mol. The first-order valence-electron chi connectivity index (χ1n) is 23.8. The van der Waals surface area contributed by atoms with Gasteiger partial charge in [0.1, 0.15) is 6.23 Å². The van der Waals surface area contributed by atoms with Crippen molar-refractivity contribution in [3.8, 4) is 0 Å². The van der Waals surface area contributed by atoms with Gasteiger partial charge >= 0.3 is 0 Å². The molecule has 0 amide bonds. The highest BCUT2D eigenvalue weighted by atomic mass is 16.6. The third kappa shape index (κ3) is 27.9. The molecule has 0 aromatic rings. The number of hydrogen-bond acceptors (Lipinski definition) is 6. The third-order valence-electron chi connectivity index (χ3n) is 11.7. The van der Waals surface area contributed by atoms with E-state index in [-0.39, 0.29) is 12.3 Å². The van der Waals surface area contributed by atoms with Crippen LogP contribution < -0.4 is 5.32 Å². The Morgan fingerprint density at radius 2 is 0.982 bits per heavy atom. The molecule has 1 N–H and O–H groups in total. The first kappa shape index (κ1) is 49.9. The first-order chi connectivity index (χ1) is 27.2. The number of nitrogens with zero attached hydrogens (tertiary/aromatic N) is 3. The molecule has 2 aliphatic heterocycles. The minimum absolute atomic E-state index is 0.0478. The lowest BCUT2D eigenvalue weighted by molar-refractivity contribution is -0.160. The van der Waals surface area contributed by atoms with Crippen LogP contribution in [-0.2, 0) is 9.47 Å². The van der Waals surface area contributed by atoms with Gasteiger partial charge in [0.2, 0.25) is 0 Å². The largest absolute Gasteiger partial charge is 0.374 e. The van der Waals surface area contributed by atoms with Crippen molar-refractivity contribution in [1.82, 2.24) is 20.0 Å². The number of ether oxygens (including phenoxy) is 2. The van der Waals surface area contributed by atoms with E-state index in [4.69, 9.17) is 9.47 Å². The molecule has 2 saturated heterocycles. The molecule has 3 atom stereocenters. The van der Waals surface area contributed by atoms with E-state index >= 15 is 0 Å². The van der Waals surface area contributed by atoms with E-state index in [1.54, 1.807) is 0 Å². The highest BCUT2D eigenvalue weighted by Gasteiger charge is 2.34. The van der Waals surface area contributed by atoms with Crippen molar-refractivity contribution in [2.45, 2.75) is 193 Å². The summed E-state index contributed by atoms with van der Waals surface area (Å²) in [5.74, 6) is 0. The van der Waals surface area contributed by atoms with E-state index in [0.717, 1.165) is 91.1 Å². The van der Waals surface area contributed by atoms with Gasteiger partial charge in [0.05, 0.1) is 6.10 Å². The van der Waals surface area contributed by atoms with E-state index in [1.165, 1.54) is 128 Å². The van der Waals surface area contributed by atoms with Crippen LogP contribution in [0.1, 0.15) is 174 Å². The van der Waals surface area contributed by atoms with Crippen molar-refractivity contribution in [2.24, 2.45) is 0 Å². The fourth-order valence-corrected chi connectivity index (χ4v) is 7.80. The second kappa shape index (κ2) is 37.0. The van der Waals surface area contributed by atoms with Crippen LogP contribution in [0.3, 0.4) is 0 Å². The van der Waals surface area contributed by atoms with Crippen molar-refractivity contribution in [2.75, 3.05) is 73.1 Å². The van der Waals surface area contributed by atoms with Crippen LogP contribution in [0, 0.1) is 0 Å². The third-order valence-corrected chi connectivity index (χ3v) is 11.7. The topological polar surface area (TPSA) is 40.2 Å². The molecule has 320 valence electrons. The number of unbranched alkanes of at least 4 members (excludes halogenated alkanes) is 18. The zero-order valence-corrected chi connectivity index (χ0v) is 37.1. The van der Waals surface area contributed by atoms with Gasteiger partial charge in [-0.2, -0.15) is 0 Å². The second-order valence-corrected chi connectivity index (χ2v) is 16.8. The molecule has 0 aliphatic carbocycles. The molecule has 0 saturated carbocycles. The summed E-state index contributed by atoms with van der Waals surface area (Å²) in [6.07, 6.45) is 50.6. The predicted octanol–water partition coefficient (Wildman–Crippen LogP) is 11.9. The summed E-state index contributed by atoms with van der Waals surface area (Å²) in [5, 5.41) is 3.65. The Kier molecular flexibility index (Phi) is 33.6. The van der Waals surface area contributed by atoms with E-state index in [0.29, 0.717) is 6.04 Å². The van der Waals surface area contributed by atoms with Crippen molar-refractivity contribution < 1.29 is 9.47 Å². The Morgan fingerprint density at radius 1 is 0.527 bits per heavy atom. The van der Waals surface area contributed by atoms with Crippen LogP contribution in [0.15, 0.2) is 48.6 Å². The van der Waals surface area contributed by atoms with Gasteiger partial charge in [-0.15, -0.1) is 0 Å². The first-order valence-corrected chi connectivity index (χ1v) is 23.8. The monoisotopic (exact) mass is 769 g/mol. The van der Waals surface area contributed by atoms with Crippen molar-refractivity contribution in [3.05, 3.63) is 48.6 Å². The second-order valence-electron chi connectivity index (χ2n) is 16.8. The maximum absolute atomic E-state index is 6.88. The van der Waals surface area contributed by atoms with Gasteiger partial charge in [-0.05, 0) is 97.6 Å². The summed E-state index contributed by atoms with van der Waals surface area (Å²) in [5.41, 5.74) is 0. The highest BCUT2D eigenvalue weighted by Crippen LogP contribution is 2.22. The Bertz CT molecular complexity index is 943. The Hall–Kier alpha value is -1.28. The maximum atomic E-state index is 6.88. The molecule has 0 bridgehead atoms. The SMILES string of the molecule is CCCCC/C=C\C/C=C\CCCCCCCCOC(CC1CNCCN1C)C(OCCCCCCCC/C=C\C/C=C\CCCCC)N1CCN(C)CC1. The number of hydrogen-bond donors (Lipinski definition) is 1. The van der Waals surface area contributed by atoms with Gasteiger partial charge in [0.25, 0.3) is 0 Å². The normalized spacial score (nSPS) is 19.2. The van der Waals surface area contributed by atoms with Crippen LogP contribution in [0.25, 0.3) is 0 Å². The minimum atomic E-state index is 0.0478. The summed E-state index contributed by atoms with van der Waals surface area (Å²) >= 11 is 0. The van der Waals surface area contributed by atoms with Crippen LogP contribution >= 0.6 is 0 Å². The van der Waals surface area contributed by atoms with E-state index in [1.807, 2.05) is 0 Å². The standard InChI is InChI=1S/C49H92N4O2/c1-5-7-9-11-13-15-17-19-21-23-25-27-29-31-33-35-43-54-48(45-47-46-50-37-38-52(47)4)49(53-41-39-51(3)40-42-53)55-44-36-34-32-30-28-26-24-22-20-18-16-14-12-10-8-6-2/h13-16,19-22,47-50H,5-12,17-18,23-46H2,1-4H3/b15-13-,16-14-,21-19-,22-20-. The van der Waals surface area contributed by atoms with Gasteiger partial charge < -0.3 is 24.6 Å². The maximum Gasteiger partial charge on any atom is 0.137 e. The molecule has 2 fully saturated rings. The summed E-state index contributed by atoms with van der Waals surface area (Å²) in [6, 6.07) is 0.495. The molecule has 6 nitrogen and oxygen atoms in total. The van der Waals surface area contributed by atoms with Gasteiger partial charge in [-0.1, -0.05) is 140 Å². The average Bonchev–Trinajstić information content (AvgIpc) is 3.19. The van der Waals surface area contributed by atoms with Gasteiger partial charge in [0, 0.05) is 65.1 Å². The number of nitrogens with one attached hydrogen (secondary N) is 1. The van der Waals surface area contributed by atoms with Crippen molar-refractivity contribution >= 4 is 0 Å². The highest BCUT2D eigenvalue weighted by molar-refractivity contribution is 4.93. The summed E-state index contributed by atoms with van der Waals surface area (Å²) in [4.78, 5) is 7.60. The van der Waals surface area contributed by atoms with E-state index < -0.39 is 0 Å². The number of piperazine rings is 2. The molecule has 2 heterocycles. The molecule has 0 aromatic carbocycles. The van der Waals surface area contributed by atoms with Crippen LogP contribution in [0.5, 0.6) is 0 Å².